The average molecular weight is 381 g/mol. The van der Waals surface area contributed by atoms with E-state index < -0.39 is 18.5 Å². The number of para-hydroxylation sites is 1. The summed E-state index contributed by atoms with van der Waals surface area (Å²) in [4.78, 5) is 35.5. The summed E-state index contributed by atoms with van der Waals surface area (Å²) in [7, 11) is 0. The minimum Gasteiger partial charge on any atom is -0.452 e. The molecule has 0 unspecified atom stereocenters. The van der Waals surface area contributed by atoms with Crippen LogP contribution in [-0.2, 0) is 9.53 Å². The molecule has 6 nitrogen and oxygen atoms in total. The molecule has 0 aliphatic rings. The van der Waals surface area contributed by atoms with Crippen LogP contribution in [0.5, 0.6) is 0 Å². The predicted octanol–water partition coefficient (Wildman–Crippen LogP) is 3.57. The van der Waals surface area contributed by atoms with Gasteiger partial charge in [-0.1, -0.05) is 35.3 Å². The van der Waals surface area contributed by atoms with E-state index in [1.807, 2.05) is 0 Å². The SMILES string of the molecule is CC(=O)c1ccccc1NC(=O)COC(=O)c1cc(Cl)cc(Cl)c1N. The number of hydrogen-bond donors (Lipinski definition) is 2. The molecule has 130 valence electrons. The second kappa shape index (κ2) is 8.00. The van der Waals surface area contributed by atoms with E-state index in [1.165, 1.54) is 19.1 Å². The maximum atomic E-state index is 12.0. The zero-order valence-electron chi connectivity index (χ0n) is 13.1. The van der Waals surface area contributed by atoms with Gasteiger partial charge in [0.25, 0.3) is 5.91 Å². The van der Waals surface area contributed by atoms with Crippen LogP contribution >= 0.6 is 23.2 Å². The molecule has 0 fully saturated rings. The van der Waals surface area contributed by atoms with Crippen molar-refractivity contribution in [3.8, 4) is 0 Å². The number of halogens is 2. The molecule has 1 amide bonds. The summed E-state index contributed by atoms with van der Waals surface area (Å²) in [6, 6.07) is 9.19. The monoisotopic (exact) mass is 380 g/mol. The predicted molar refractivity (Wildman–Crippen MR) is 96.2 cm³/mol. The zero-order valence-corrected chi connectivity index (χ0v) is 14.6. The molecule has 0 aromatic heterocycles. The van der Waals surface area contributed by atoms with Gasteiger partial charge in [-0.25, -0.2) is 4.79 Å². The molecule has 0 aliphatic heterocycles. The number of nitrogen functional groups attached to an aromatic ring is 1. The number of anilines is 2. The molecule has 0 atom stereocenters. The van der Waals surface area contributed by atoms with Crippen LogP contribution < -0.4 is 11.1 Å². The Labute approximate surface area is 153 Å². The van der Waals surface area contributed by atoms with Crippen LogP contribution in [0.1, 0.15) is 27.6 Å². The molecule has 0 saturated carbocycles. The number of hydrogen-bond acceptors (Lipinski definition) is 5. The van der Waals surface area contributed by atoms with Gasteiger partial charge in [0.15, 0.2) is 12.4 Å². The minimum absolute atomic E-state index is 0.0124. The molecule has 0 bridgehead atoms. The first-order chi connectivity index (χ1) is 11.8. The van der Waals surface area contributed by atoms with E-state index in [-0.39, 0.29) is 27.1 Å². The van der Waals surface area contributed by atoms with Crippen molar-refractivity contribution in [1.82, 2.24) is 0 Å². The highest BCUT2D eigenvalue weighted by Gasteiger charge is 2.17. The van der Waals surface area contributed by atoms with Crippen molar-refractivity contribution in [1.29, 1.82) is 0 Å². The number of nitrogens with one attached hydrogen (secondary N) is 1. The second-order valence-corrected chi connectivity index (χ2v) is 5.92. The zero-order chi connectivity index (χ0) is 18.6. The Kier molecular flexibility index (Phi) is 6.01. The molecule has 8 heteroatoms. The molecule has 0 radical (unpaired) electrons. The second-order valence-electron chi connectivity index (χ2n) is 5.07. The normalized spacial score (nSPS) is 10.2. The highest BCUT2D eigenvalue weighted by molar-refractivity contribution is 6.37. The van der Waals surface area contributed by atoms with E-state index in [0.29, 0.717) is 11.3 Å². The summed E-state index contributed by atoms with van der Waals surface area (Å²) < 4.78 is 4.92. The van der Waals surface area contributed by atoms with Crippen molar-refractivity contribution in [3.63, 3.8) is 0 Å². The summed E-state index contributed by atoms with van der Waals surface area (Å²) in [6.07, 6.45) is 0. The van der Waals surface area contributed by atoms with Crippen LogP contribution in [0.2, 0.25) is 10.0 Å². The quantitative estimate of drug-likeness (QED) is 0.469. The summed E-state index contributed by atoms with van der Waals surface area (Å²) in [5, 5.41) is 2.84. The van der Waals surface area contributed by atoms with E-state index in [1.54, 1.807) is 24.3 Å². The van der Waals surface area contributed by atoms with Crippen molar-refractivity contribution < 1.29 is 19.1 Å². The smallest absolute Gasteiger partial charge is 0.340 e. The number of rotatable bonds is 5. The standard InChI is InChI=1S/C17H14Cl2N2O4/c1-9(22)11-4-2-3-5-14(11)21-15(23)8-25-17(24)12-6-10(18)7-13(19)16(12)20/h2-7H,8,20H2,1H3,(H,21,23). The maximum Gasteiger partial charge on any atom is 0.340 e. The fraction of sp³-hybridized carbons (Fsp3) is 0.118. The Balaban J connectivity index is 2.04. The van der Waals surface area contributed by atoms with Gasteiger partial charge in [0.1, 0.15) is 0 Å². The van der Waals surface area contributed by atoms with E-state index in [9.17, 15) is 14.4 Å². The topological polar surface area (TPSA) is 98.5 Å². The van der Waals surface area contributed by atoms with Crippen molar-refractivity contribution >= 4 is 52.2 Å². The first-order valence-electron chi connectivity index (χ1n) is 7.11. The summed E-state index contributed by atoms with van der Waals surface area (Å²) in [6.45, 7) is 0.825. The molecular weight excluding hydrogens is 367 g/mol. The number of benzene rings is 2. The third-order valence-electron chi connectivity index (χ3n) is 3.23. The largest absolute Gasteiger partial charge is 0.452 e. The molecular formula is C17H14Cl2N2O4. The van der Waals surface area contributed by atoms with Crippen LogP contribution in [-0.4, -0.2) is 24.3 Å². The lowest BCUT2D eigenvalue weighted by molar-refractivity contribution is -0.119. The lowest BCUT2D eigenvalue weighted by Crippen LogP contribution is -2.22. The summed E-state index contributed by atoms with van der Waals surface area (Å²) in [5.74, 6) is -1.64. The van der Waals surface area contributed by atoms with E-state index >= 15 is 0 Å². The van der Waals surface area contributed by atoms with Gasteiger partial charge in [0.05, 0.1) is 22.0 Å². The molecule has 0 heterocycles. The van der Waals surface area contributed by atoms with Crippen molar-refractivity contribution in [2.24, 2.45) is 0 Å². The summed E-state index contributed by atoms with van der Waals surface area (Å²) in [5.41, 5.74) is 6.37. The van der Waals surface area contributed by atoms with E-state index in [4.69, 9.17) is 33.7 Å². The van der Waals surface area contributed by atoms with Gasteiger partial charge in [-0.3, -0.25) is 9.59 Å². The average Bonchev–Trinajstić information content (AvgIpc) is 2.56. The molecule has 3 N–H and O–H groups in total. The van der Waals surface area contributed by atoms with Crippen LogP contribution in [0, 0.1) is 0 Å². The number of carbonyl (C=O) groups is 3. The maximum absolute atomic E-state index is 12.0. The van der Waals surface area contributed by atoms with Gasteiger partial charge in [0.2, 0.25) is 0 Å². The molecule has 0 saturated heterocycles. The third kappa shape index (κ3) is 4.71. The van der Waals surface area contributed by atoms with Crippen molar-refractivity contribution in [2.45, 2.75) is 6.92 Å². The number of nitrogens with two attached hydrogens (primary N) is 1. The van der Waals surface area contributed by atoms with Gasteiger partial charge in [-0.05, 0) is 31.2 Å². The number of carbonyl (C=O) groups excluding carboxylic acids is 3. The molecule has 0 spiro atoms. The van der Waals surface area contributed by atoms with E-state index in [0.717, 1.165) is 0 Å². The van der Waals surface area contributed by atoms with E-state index in [2.05, 4.69) is 5.32 Å². The van der Waals surface area contributed by atoms with Gasteiger partial charge in [-0.2, -0.15) is 0 Å². The minimum atomic E-state index is -0.836. The highest BCUT2D eigenvalue weighted by atomic mass is 35.5. The molecule has 2 aromatic rings. The highest BCUT2D eigenvalue weighted by Crippen LogP contribution is 2.28. The Hall–Kier alpha value is -2.57. The number of esters is 1. The molecule has 2 rings (SSSR count). The van der Waals surface area contributed by atoms with Crippen molar-refractivity contribution in [3.05, 3.63) is 57.6 Å². The third-order valence-corrected chi connectivity index (χ3v) is 3.76. The van der Waals surface area contributed by atoms with Gasteiger partial charge < -0.3 is 15.8 Å². The molecule has 2 aromatic carbocycles. The van der Waals surface area contributed by atoms with Crippen LogP contribution in [0.25, 0.3) is 0 Å². The number of ether oxygens (including phenoxy) is 1. The van der Waals surface area contributed by atoms with Crippen LogP contribution in [0.15, 0.2) is 36.4 Å². The fourth-order valence-corrected chi connectivity index (χ4v) is 2.54. The van der Waals surface area contributed by atoms with Crippen LogP contribution in [0.4, 0.5) is 11.4 Å². The number of amides is 1. The lowest BCUT2D eigenvalue weighted by Gasteiger charge is -2.11. The fourth-order valence-electron chi connectivity index (χ4n) is 2.05. The number of Topliss-reactive ketones (excluding diaryl/α,β-unsaturated/α-hetero) is 1. The molecule has 25 heavy (non-hydrogen) atoms. The Morgan fingerprint density at radius 3 is 2.48 bits per heavy atom. The summed E-state index contributed by atoms with van der Waals surface area (Å²) >= 11 is 11.7. The Morgan fingerprint density at radius 1 is 1.12 bits per heavy atom. The molecule has 0 aliphatic carbocycles. The van der Waals surface area contributed by atoms with Gasteiger partial charge >= 0.3 is 5.97 Å². The van der Waals surface area contributed by atoms with Gasteiger partial charge in [-0.15, -0.1) is 0 Å². The van der Waals surface area contributed by atoms with Crippen molar-refractivity contribution in [2.75, 3.05) is 17.7 Å². The Morgan fingerprint density at radius 2 is 1.80 bits per heavy atom. The lowest BCUT2D eigenvalue weighted by atomic mass is 10.1. The first kappa shape index (κ1) is 18.8. The van der Waals surface area contributed by atoms with Gasteiger partial charge in [0, 0.05) is 10.6 Å². The van der Waals surface area contributed by atoms with Crippen LogP contribution in [0.3, 0.4) is 0 Å². The Bertz CT molecular complexity index is 853. The first-order valence-corrected chi connectivity index (χ1v) is 7.86. The number of ketones is 1.